The van der Waals surface area contributed by atoms with Crippen molar-refractivity contribution in [1.29, 1.82) is 0 Å². The van der Waals surface area contributed by atoms with Crippen molar-refractivity contribution in [2.24, 2.45) is 11.3 Å². The van der Waals surface area contributed by atoms with Gasteiger partial charge in [-0.15, -0.1) is 0 Å². The average Bonchev–Trinajstić information content (AvgIpc) is 3.22. The summed E-state index contributed by atoms with van der Waals surface area (Å²) in [5, 5.41) is 10.5. The van der Waals surface area contributed by atoms with Crippen LogP contribution in [0, 0.1) is 18.3 Å². The molecular formula is C23H30N4O2S. The second-order valence-electron chi connectivity index (χ2n) is 9.56. The predicted molar refractivity (Wildman–Crippen MR) is 121 cm³/mol. The normalized spacial score (nSPS) is 22.4. The van der Waals surface area contributed by atoms with Crippen LogP contribution in [-0.4, -0.2) is 27.6 Å². The third-order valence-corrected chi connectivity index (χ3v) is 6.93. The van der Waals surface area contributed by atoms with Gasteiger partial charge in [0.1, 0.15) is 5.82 Å². The van der Waals surface area contributed by atoms with Crippen molar-refractivity contribution < 1.29 is 9.59 Å². The summed E-state index contributed by atoms with van der Waals surface area (Å²) in [6.07, 6.45) is 2.95. The molecule has 1 aliphatic heterocycles. The van der Waals surface area contributed by atoms with Crippen molar-refractivity contribution in [1.82, 2.24) is 15.1 Å². The Labute approximate surface area is 182 Å². The fraction of sp³-hybridized carbons (Fsp3) is 0.522. The number of amides is 2. The molecule has 1 aliphatic carbocycles. The largest absolute Gasteiger partial charge is 0.345 e. The Morgan fingerprint density at radius 1 is 1.20 bits per heavy atom. The molecule has 2 aromatic rings. The first-order valence-electron chi connectivity index (χ1n) is 10.6. The number of nitrogens with one attached hydrogen (secondary N) is 2. The van der Waals surface area contributed by atoms with Gasteiger partial charge in [0.15, 0.2) is 0 Å². The first kappa shape index (κ1) is 21.0. The molecule has 1 aromatic heterocycles. The van der Waals surface area contributed by atoms with Crippen LogP contribution in [0.5, 0.6) is 0 Å². The van der Waals surface area contributed by atoms with E-state index >= 15 is 0 Å². The van der Waals surface area contributed by atoms with Crippen LogP contribution < -0.4 is 10.6 Å². The van der Waals surface area contributed by atoms with Gasteiger partial charge in [0, 0.05) is 23.1 Å². The van der Waals surface area contributed by atoms with E-state index in [9.17, 15) is 9.59 Å². The summed E-state index contributed by atoms with van der Waals surface area (Å²) in [6.45, 7) is 8.68. The molecule has 1 fully saturated rings. The molecule has 30 heavy (non-hydrogen) atoms. The van der Waals surface area contributed by atoms with Crippen LogP contribution in [0.15, 0.2) is 24.3 Å². The molecule has 1 aromatic carbocycles. The maximum Gasteiger partial charge on any atom is 0.314 e. The van der Waals surface area contributed by atoms with E-state index in [1.807, 2.05) is 31.2 Å². The summed E-state index contributed by atoms with van der Waals surface area (Å²) in [6, 6.07) is 8.01. The van der Waals surface area contributed by atoms with Crippen LogP contribution in [-0.2, 0) is 21.1 Å². The summed E-state index contributed by atoms with van der Waals surface area (Å²) in [5.74, 6) is 1.55. The molecule has 0 unspecified atom stereocenters. The van der Waals surface area contributed by atoms with Gasteiger partial charge in [0.25, 0.3) is 0 Å². The highest BCUT2D eigenvalue weighted by atomic mass is 32.2. The van der Waals surface area contributed by atoms with E-state index in [0.29, 0.717) is 11.7 Å². The molecule has 2 N–H and O–H groups in total. The van der Waals surface area contributed by atoms with Crippen LogP contribution in [0.3, 0.4) is 0 Å². The summed E-state index contributed by atoms with van der Waals surface area (Å²) in [7, 11) is 0. The number of benzene rings is 1. The first-order valence-corrected chi connectivity index (χ1v) is 11.7. The standard InChI is InChI=1S/C23H30N4O2S/c1-14-6-5-7-17(9-14)27-20(18-12-30-13-19(18)26-27)25-22(29)21(28)24-16-8-15(2)10-23(3,4)11-16/h5-7,9,15-16H,8,10-13H2,1-4H3,(H,24,28)(H,25,29)/t15-,16+/m0/s1. The molecule has 4 rings (SSSR count). The monoisotopic (exact) mass is 426 g/mol. The van der Waals surface area contributed by atoms with Crippen LogP contribution in [0.4, 0.5) is 5.82 Å². The molecule has 6 nitrogen and oxygen atoms in total. The van der Waals surface area contributed by atoms with Crippen molar-refractivity contribution in [2.45, 2.75) is 64.5 Å². The third-order valence-electron chi connectivity index (χ3n) is 5.96. The zero-order valence-electron chi connectivity index (χ0n) is 18.1. The van der Waals surface area contributed by atoms with Crippen molar-refractivity contribution in [3.63, 3.8) is 0 Å². The zero-order valence-corrected chi connectivity index (χ0v) is 18.9. The van der Waals surface area contributed by atoms with Gasteiger partial charge in [0.2, 0.25) is 0 Å². The Morgan fingerprint density at radius 3 is 2.73 bits per heavy atom. The molecule has 2 heterocycles. The fourth-order valence-corrected chi connectivity index (χ4v) is 5.99. The van der Waals surface area contributed by atoms with Crippen molar-refractivity contribution >= 4 is 29.4 Å². The highest BCUT2D eigenvalue weighted by Crippen LogP contribution is 2.39. The number of aryl methyl sites for hydroxylation is 1. The molecule has 0 bridgehead atoms. The Bertz CT molecular complexity index is 982. The first-order chi connectivity index (χ1) is 14.2. The second-order valence-corrected chi connectivity index (χ2v) is 10.5. The number of carbonyl (C=O) groups excluding carboxylic acids is 2. The topological polar surface area (TPSA) is 76.0 Å². The van der Waals surface area contributed by atoms with Gasteiger partial charge in [-0.3, -0.25) is 9.59 Å². The van der Waals surface area contributed by atoms with E-state index in [2.05, 4.69) is 31.4 Å². The lowest BCUT2D eigenvalue weighted by Gasteiger charge is -2.39. The smallest absolute Gasteiger partial charge is 0.314 e. The number of nitrogens with zero attached hydrogens (tertiary/aromatic N) is 2. The number of thioether (sulfide) groups is 1. The van der Waals surface area contributed by atoms with Gasteiger partial charge in [-0.05, 0) is 55.2 Å². The Balaban J connectivity index is 1.52. The van der Waals surface area contributed by atoms with Crippen molar-refractivity contribution in [2.75, 3.05) is 5.32 Å². The second kappa shape index (κ2) is 8.10. The number of carbonyl (C=O) groups is 2. The maximum atomic E-state index is 12.8. The lowest BCUT2D eigenvalue weighted by Crippen LogP contribution is -2.46. The van der Waals surface area contributed by atoms with Gasteiger partial charge in [0.05, 0.1) is 11.4 Å². The molecule has 2 amide bonds. The lowest BCUT2D eigenvalue weighted by atomic mass is 9.70. The van der Waals surface area contributed by atoms with E-state index < -0.39 is 11.8 Å². The third kappa shape index (κ3) is 4.41. The quantitative estimate of drug-likeness (QED) is 0.722. The molecule has 0 spiro atoms. The highest BCUT2D eigenvalue weighted by Gasteiger charge is 2.34. The summed E-state index contributed by atoms with van der Waals surface area (Å²) < 4.78 is 1.76. The Kier molecular flexibility index (Phi) is 5.66. The summed E-state index contributed by atoms with van der Waals surface area (Å²) >= 11 is 1.77. The van der Waals surface area contributed by atoms with E-state index in [1.54, 1.807) is 16.4 Å². The maximum absolute atomic E-state index is 12.8. The molecule has 160 valence electrons. The van der Waals surface area contributed by atoms with Crippen LogP contribution in [0.2, 0.25) is 0 Å². The lowest BCUT2D eigenvalue weighted by molar-refractivity contribution is -0.137. The number of fused-ring (bicyclic) bond motifs is 1. The predicted octanol–water partition coefficient (Wildman–Crippen LogP) is 4.20. The van der Waals surface area contributed by atoms with E-state index in [1.165, 1.54) is 0 Å². The number of rotatable bonds is 3. The van der Waals surface area contributed by atoms with Gasteiger partial charge >= 0.3 is 11.8 Å². The van der Waals surface area contributed by atoms with Crippen molar-refractivity contribution in [3.8, 4) is 5.69 Å². The Morgan fingerprint density at radius 2 is 2.00 bits per heavy atom. The minimum Gasteiger partial charge on any atom is -0.345 e. The van der Waals surface area contributed by atoms with Crippen LogP contribution in [0.1, 0.15) is 56.9 Å². The molecule has 7 heteroatoms. The van der Waals surface area contributed by atoms with E-state index in [-0.39, 0.29) is 11.5 Å². The number of hydrogen-bond acceptors (Lipinski definition) is 4. The number of anilines is 1. The Hall–Kier alpha value is -2.28. The molecule has 1 saturated carbocycles. The molecule has 0 saturated heterocycles. The molecule has 2 atom stereocenters. The van der Waals surface area contributed by atoms with E-state index in [4.69, 9.17) is 5.10 Å². The number of hydrogen-bond donors (Lipinski definition) is 2. The van der Waals surface area contributed by atoms with Gasteiger partial charge in [-0.1, -0.05) is 32.9 Å². The van der Waals surface area contributed by atoms with Crippen LogP contribution >= 0.6 is 11.8 Å². The van der Waals surface area contributed by atoms with Gasteiger partial charge in [-0.2, -0.15) is 16.9 Å². The van der Waals surface area contributed by atoms with Crippen molar-refractivity contribution in [3.05, 3.63) is 41.1 Å². The molecule has 0 radical (unpaired) electrons. The SMILES string of the molecule is Cc1cccc(-n2nc3c(c2NC(=O)C(=O)N[C@@H]2C[C@H](C)CC(C)(C)C2)CSC3)c1. The highest BCUT2D eigenvalue weighted by molar-refractivity contribution is 7.98. The van der Waals surface area contributed by atoms with Gasteiger partial charge in [-0.25, -0.2) is 4.68 Å². The summed E-state index contributed by atoms with van der Waals surface area (Å²) in [4.78, 5) is 25.5. The average molecular weight is 427 g/mol. The summed E-state index contributed by atoms with van der Waals surface area (Å²) in [5.41, 5.74) is 4.15. The van der Waals surface area contributed by atoms with Crippen LogP contribution in [0.25, 0.3) is 5.69 Å². The minimum absolute atomic E-state index is 0.0324. The van der Waals surface area contributed by atoms with E-state index in [0.717, 1.165) is 53.3 Å². The van der Waals surface area contributed by atoms with Gasteiger partial charge < -0.3 is 10.6 Å². The zero-order chi connectivity index (χ0) is 21.5. The molecule has 2 aliphatic rings. The molecular weight excluding hydrogens is 396 g/mol. The fourth-order valence-electron chi connectivity index (χ4n) is 4.96. The number of aromatic nitrogens is 2. The minimum atomic E-state index is -0.625.